The number of alkyl halides is 1. The fraction of sp³-hybridized carbons (Fsp3) is 0.400. The highest BCUT2D eigenvalue weighted by atomic mass is 35.5. The van der Waals surface area contributed by atoms with E-state index in [1.165, 1.54) is 0 Å². The van der Waals surface area contributed by atoms with Crippen molar-refractivity contribution in [2.45, 2.75) is 27.0 Å². The van der Waals surface area contributed by atoms with Crippen LogP contribution >= 0.6 is 11.6 Å². The molecule has 0 aromatic carbocycles. The van der Waals surface area contributed by atoms with E-state index >= 15 is 0 Å². The summed E-state index contributed by atoms with van der Waals surface area (Å²) < 4.78 is 7.56. The largest absolute Gasteiger partial charge is 0.484 e. The van der Waals surface area contributed by atoms with E-state index in [-0.39, 0.29) is 0 Å². The van der Waals surface area contributed by atoms with Gasteiger partial charge in [0.05, 0.1) is 12.1 Å². The maximum Gasteiger partial charge on any atom is 0.164 e. The Morgan fingerprint density at radius 2 is 2.24 bits per heavy atom. The van der Waals surface area contributed by atoms with Gasteiger partial charge in [-0.05, 0) is 12.0 Å². The number of ether oxygens (including phenoxy) is 1. The average Bonchev–Trinajstić information content (AvgIpc) is 2.90. The van der Waals surface area contributed by atoms with Gasteiger partial charge in [-0.1, -0.05) is 25.7 Å². The Morgan fingerprint density at radius 3 is 3.00 bits per heavy atom. The summed E-state index contributed by atoms with van der Waals surface area (Å²) >= 11 is 5.54. The number of hydrogen-bond acceptors (Lipinski definition) is 4. The van der Waals surface area contributed by atoms with Gasteiger partial charge in [0, 0.05) is 18.3 Å². The third-order valence-corrected chi connectivity index (χ3v) is 2.75. The minimum Gasteiger partial charge on any atom is -0.484 e. The third-order valence-electron chi connectivity index (χ3n) is 2.61. The first-order valence-corrected chi connectivity index (χ1v) is 7.22. The Balaban J connectivity index is 2.01. The molecule has 110 valence electrons. The van der Waals surface area contributed by atoms with Crippen LogP contribution in [0, 0.1) is 17.8 Å². The summed E-state index contributed by atoms with van der Waals surface area (Å²) in [6, 6.07) is 1.83. The van der Waals surface area contributed by atoms with Crippen molar-refractivity contribution in [2.24, 2.45) is 5.92 Å². The van der Waals surface area contributed by atoms with Crippen molar-refractivity contribution in [3.8, 4) is 17.6 Å². The zero-order valence-corrected chi connectivity index (χ0v) is 12.8. The summed E-state index contributed by atoms with van der Waals surface area (Å²) in [7, 11) is 0. The van der Waals surface area contributed by atoms with Crippen molar-refractivity contribution in [1.29, 1.82) is 0 Å². The second kappa shape index (κ2) is 7.65. The highest BCUT2D eigenvalue weighted by Crippen LogP contribution is 2.12. The molecule has 2 aromatic heterocycles. The summed E-state index contributed by atoms with van der Waals surface area (Å²) in [4.78, 5) is 8.31. The van der Waals surface area contributed by atoms with Gasteiger partial charge in [0.15, 0.2) is 5.82 Å². The monoisotopic (exact) mass is 304 g/mol. The smallest absolute Gasteiger partial charge is 0.164 e. The number of pyridine rings is 1. The molecular weight excluding hydrogens is 288 g/mol. The van der Waals surface area contributed by atoms with Gasteiger partial charge in [-0.2, -0.15) is 5.10 Å². The molecule has 0 fully saturated rings. The highest BCUT2D eigenvalue weighted by molar-refractivity contribution is 6.19. The van der Waals surface area contributed by atoms with Crippen molar-refractivity contribution >= 4 is 11.6 Å². The van der Waals surface area contributed by atoms with Crippen LogP contribution in [0.2, 0.25) is 0 Å². The number of halogens is 1. The molecule has 0 saturated heterocycles. The van der Waals surface area contributed by atoms with E-state index in [4.69, 9.17) is 16.3 Å². The molecule has 2 rings (SSSR count). The molecule has 0 aliphatic rings. The molecule has 0 unspecified atom stereocenters. The molecule has 0 spiro atoms. The van der Waals surface area contributed by atoms with Crippen molar-refractivity contribution in [3.05, 3.63) is 36.2 Å². The van der Waals surface area contributed by atoms with Gasteiger partial charge in [-0.3, -0.25) is 4.98 Å². The standard InChI is InChI=1S/C15H17ClN4O/c1-12(2)9-20-15(18-11-19-20)10-21-14-6-13(4-3-5-16)7-17-8-14/h6-8,11-12H,5,9-10H2,1-2H3. The number of aromatic nitrogens is 4. The Bertz CT molecular complexity index is 642. The van der Waals surface area contributed by atoms with E-state index in [0.717, 1.165) is 17.9 Å². The molecule has 0 radical (unpaired) electrons. The van der Waals surface area contributed by atoms with E-state index in [9.17, 15) is 0 Å². The lowest BCUT2D eigenvalue weighted by molar-refractivity contribution is 0.281. The number of rotatable bonds is 5. The molecule has 2 aromatic rings. The van der Waals surface area contributed by atoms with Crippen LogP contribution in [0.1, 0.15) is 25.2 Å². The predicted octanol–water partition coefficient (Wildman–Crippen LogP) is 2.50. The molecule has 0 saturated carbocycles. The van der Waals surface area contributed by atoms with Crippen LogP contribution in [-0.2, 0) is 13.2 Å². The van der Waals surface area contributed by atoms with Gasteiger partial charge in [-0.25, -0.2) is 9.67 Å². The summed E-state index contributed by atoms with van der Waals surface area (Å²) in [6.07, 6.45) is 4.87. The Kier molecular flexibility index (Phi) is 5.59. The van der Waals surface area contributed by atoms with Crippen LogP contribution in [-0.4, -0.2) is 25.6 Å². The molecule has 2 heterocycles. The van der Waals surface area contributed by atoms with E-state index in [0.29, 0.717) is 24.2 Å². The zero-order chi connectivity index (χ0) is 15.1. The highest BCUT2D eigenvalue weighted by Gasteiger charge is 2.07. The lowest BCUT2D eigenvalue weighted by atomic mass is 10.2. The first-order valence-electron chi connectivity index (χ1n) is 6.68. The summed E-state index contributed by atoms with van der Waals surface area (Å²) in [5.41, 5.74) is 0.775. The molecule has 5 nitrogen and oxygen atoms in total. The minimum atomic E-state index is 0.295. The zero-order valence-electron chi connectivity index (χ0n) is 12.1. The van der Waals surface area contributed by atoms with E-state index in [1.807, 2.05) is 10.7 Å². The SMILES string of the molecule is CC(C)Cn1ncnc1COc1cncc(C#CCCl)c1. The van der Waals surface area contributed by atoms with Crippen LogP contribution in [0.4, 0.5) is 0 Å². The maximum atomic E-state index is 5.71. The summed E-state index contributed by atoms with van der Waals surface area (Å²) in [6.45, 7) is 5.43. The molecule has 0 bridgehead atoms. The third kappa shape index (κ3) is 4.76. The van der Waals surface area contributed by atoms with Crippen LogP contribution in [0.25, 0.3) is 0 Å². The molecule has 0 amide bonds. The molecule has 0 N–H and O–H groups in total. The van der Waals surface area contributed by atoms with Crippen LogP contribution in [0.15, 0.2) is 24.8 Å². The predicted molar refractivity (Wildman–Crippen MR) is 81.0 cm³/mol. The van der Waals surface area contributed by atoms with Crippen molar-refractivity contribution in [3.63, 3.8) is 0 Å². The summed E-state index contributed by atoms with van der Waals surface area (Å²) in [5, 5.41) is 4.20. The van der Waals surface area contributed by atoms with Crippen molar-refractivity contribution < 1.29 is 4.74 Å². The first kappa shape index (κ1) is 15.3. The number of hydrogen-bond donors (Lipinski definition) is 0. The van der Waals surface area contributed by atoms with Gasteiger partial charge in [0.25, 0.3) is 0 Å². The lowest BCUT2D eigenvalue weighted by Crippen LogP contribution is -2.12. The molecule has 0 aliphatic carbocycles. The van der Waals surface area contributed by atoms with Gasteiger partial charge in [0.2, 0.25) is 0 Å². The molecule has 0 aliphatic heterocycles. The maximum absolute atomic E-state index is 5.71. The fourth-order valence-electron chi connectivity index (χ4n) is 1.75. The Morgan fingerprint density at radius 1 is 1.38 bits per heavy atom. The molecule has 0 atom stereocenters. The van der Waals surface area contributed by atoms with Crippen molar-refractivity contribution in [2.75, 3.05) is 5.88 Å². The second-order valence-corrected chi connectivity index (χ2v) is 5.15. The first-order chi connectivity index (χ1) is 10.2. The van der Waals surface area contributed by atoms with E-state index in [2.05, 4.69) is 40.8 Å². The average molecular weight is 305 g/mol. The van der Waals surface area contributed by atoms with Crippen molar-refractivity contribution in [1.82, 2.24) is 19.7 Å². The Hall–Kier alpha value is -2.06. The number of nitrogens with zero attached hydrogens (tertiary/aromatic N) is 4. The topological polar surface area (TPSA) is 52.8 Å². The van der Waals surface area contributed by atoms with Crippen LogP contribution in [0.5, 0.6) is 5.75 Å². The fourth-order valence-corrected chi connectivity index (χ4v) is 1.81. The van der Waals surface area contributed by atoms with Crippen LogP contribution < -0.4 is 4.74 Å². The minimum absolute atomic E-state index is 0.295. The van der Waals surface area contributed by atoms with Gasteiger partial charge >= 0.3 is 0 Å². The lowest BCUT2D eigenvalue weighted by Gasteiger charge is -2.09. The summed E-state index contributed by atoms with van der Waals surface area (Å²) in [5.74, 6) is 7.93. The second-order valence-electron chi connectivity index (χ2n) is 4.89. The normalized spacial score (nSPS) is 10.3. The quantitative estimate of drug-likeness (QED) is 0.629. The van der Waals surface area contributed by atoms with Gasteiger partial charge in [0.1, 0.15) is 18.7 Å². The van der Waals surface area contributed by atoms with Crippen LogP contribution in [0.3, 0.4) is 0 Å². The Labute approximate surface area is 129 Å². The molecular formula is C15H17ClN4O. The van der Waals surface area contributed by atoms with Gasteiger partial charge < -0.3 is 4.74 Å². The van der Waals surface area contributed by atoms with Gasteiger partial charge in [-0.15, -0.1) is 11.6 Å². The molecule has 21 heavy (non-hydrogen) atoms. The van der Waals surface area contributed by atoms with E-state index < -0.39 is 0 Å². The van der Waals surface area contributed by atoms with E-state index in [1.54, 1.807) is 18.7 Å². The molecule has 6 heteroatoms.